The zero-order valence-electron chi connectivity index (χ0n) is 9.97. The van der Waals surface area contributed by atoms with Crippen molar-refractivity contribution >= 4 is 0 Å². The fourth-order valence-corrected chi connectivity index (χ4v) is 1.63. The number of para-hydroxylation sites is 1. The third-order valence-electron chi connectivity index (χ3n) is 2.54. The van der Waals surface area contributed by atoms with Gasteiger partial charge in [0.2, 0.25) is 0 Å². The number of hydrogen-bond acceptors (Lipinski definition) is 1. The molecule has 1 nitrogen and oxygen atoms in total. The van der Waals surface area contributed by atoms with Crippen molar-refractivity contribution in [3.8, 4) is 5.75 Å². The number of ether oxygens (including phenoxy) is 1. The number of allylic oxidation sites excluding steroid dienone is 2. The second-order valence-corrected chi connectivity index (χ2v) is 3.83. The fourth-order valence-electron chi connectivity index (χ4n) is 1.63. The second-order valence-electron chi connectivity index (χ2n) is 3.83. The summed E-state index contributed by atoms with van der Waals surface area (Å²) < 4.78 is 5.83. The van der Waals surface area contributed by atoms with E-state index in [1.807, 2.05) is 61.5 Å². The summed E-state index contributed by atoms with van der Waals surface area (Å²) in [6, 6.07) is 20.2. The average molecular weight is 224 g/mol. The highest BCUT2D eigenvalue weighted by Crippen LogP contribution is 2.15. The molecule has 2 aromatic rings. The molecule has 0 aromatic heterocycles. The second kappa shape index (κ2) is 5.90. The summed E-state index contributed by atoms with van der Waals surface area (Å²) in [5, 5.41) is 0. The zero-order chi connectivity index (χ0) is 11.9. The molecule has 0 spiro atoms. The molecular formula is C16H16O. The minimum absolute atomic E-state index is 0.826. The lowest BCUT2D eigenvalue weighted by Gasteiger charge is -2.09. The Kier molecular flexibility index (Phi) is 3.98. The summed E-state index contributed by atoms with van der Waals surface area (Å²) in [6.45, 7) is 2.00. The fraction of sp³-hybridized carbons (Fsp3) is 0.125. The van der Waals surface area contributed by atoms with Crippen molar-refractivity contribution in [1.29, 1.82) is 0 Å². The Labute approximate surface area is 102 Å². The Morgan fingerprint density at radius 1 is 0.941 bits per heavy atom. The Morgan fingerprint density at radius 2 is 1.53 bits per heavy atom. The molecule has 0 amide bonds. The van der Waals surface area contributed by atoms with Gasteiger partial charge >= 0.3 is 0 Å². The van der Waals surface area contributed by atoms with E-state index in [1.54, 1.807) is 0 Å². The summed E-state index contributed by atoms with van der Waals surface area (Å²) in [5.41, 5.74) is 1.26. The average Bonchev–Trinajstić information content (AvgIpc) is 2.40. The predicted molar refractivity (Wildman–Crippen MR) is 71.0 cm³/mol. The number of rotatable bonds is 4. The smallest absolute Gasteiger partial charge is 0.126 e. The van der Waals surface area contributed by atoms with E-state index in [4.69, 9.17) is 4.74 Å². The van der Waals surface area contributed by atoms with E-state index in [0.29, 0.717) is 0 Å². The quantitative estimate of drug-likeness (QED) is 0.707. The van der Waals surface area contributed by atoms with Crippen LogP contribution in [0.1, 0.15) is 12.5 Å². The van der Waals surface area contributed by atoms with Crippen LogP contribution in [-0.2, 0) is 6.42 Å². The molecular weight excluding hydrogens is 208 g/mol. The van der Waals surface area contributed by atoms with E-state index in [9.17, 15) is 0 Å². The van der Waals surface area contributed by atoms with Crippen LogP contribution in [-0.4, -0.2) is 0 Å². The van der Waals surface area contributed by atoms with E-state index in [2.05, 4.69) is 12.1 Å². The first-order chi connectivity index (χ1) is 8.38. The van der Waals surface area contributed by atoms with Gasteiger partial charge in [0, 0.05) is 6.42 Å². The van der Waals surface area contributed by atoms with Gasteiger partial charge in [-0.15, -0.1) is 0 Å². The van der Waals surface area contributed by atoms with Crippen molar-refractivity contribution in [2.24, 2.45) is 0 Å². The molecule has 0 saturated heterocycles. The van der Waals surface area contributed by atoms with Crippen molar-refractivity contribution in [3.63, 3.8) is 0 Å². The summed E-state index contributed by atoms with van der Waals surface area (Å²) in [6.07, 6.45) is 2.84. The van der Waals surface area contributed by atoms with Crippen LogP contribution in [0.2, 0.25) is 0 Å². The molecule has 0 bridgehead atoms. The zero-order valence-corrected chi connectivity index (χ0v) is 9.97. The largest absolute Gasteiger partial charge is 0.462 e. The van der Waals surface area contributed by atoms with Crippen LogP contribution in [0, 0.1) is 0 Å². The highest BCUT2D eigenvalue weighted by molar-refractivity contribution is 5.26. The molecule has 0 aliphatic carbocycles. The van der Waals surface area contributed by atoms with E-state index < -0.39 is 0 Å². The van der Waals surface area contributed by atoms with Crippen molar-refractivity contribution in [1.82, 2.24) is 0 Å². The van der Waals surface area contributed by atoms with E-state index in [1.165, 1.54) is 5.56 Å². The minimum atomic E-state index is 0.826. The maximum Gasteiger partial charge on any atom is 0.126 e. The molecule has 0 saturated carbocycles. The lowest BCUT2D eigenvalue weighted by Crippen LogP contribution is -1.99. The predicted octanol–water partition coefficient (Wildman–Crippen LogP) is 4.21. The molecule has 86 valence electrons. The maximum atomic E-state index is 5.83. The molecule has 0 radical (unpaired) electrons. The van der Waals surface area contributed by atoms with Crippen molar-refractivity contribution < 1.29 is 4.74 Å². The molecule has 0 aliphatic heterocycles. The van der Waals surface area contributed by atoms with Crippen LogP contribution in [0.4, 0.5) is 0 Å². The van der Waals surface area contributed by atoms with Crippen molar-refractivity contribution in [2.45, 2.75) is 13.3 Å². The highest BCUT2D eigenvalue weighted by Gasteiger charge is 2.01. The first-order valence-corrected chi connectivity index (χ1v) is 5.80. The summed E-state index contributed by atoms with van der Waals surface area (Å²) in [4.78, 5) is 0. The standard InChI is InChI=1S/C16H16O/c1-2-15(13-14-9-5-3-6-10-14)17-16-11-7-4-8-12-16/h2-12H,13H2,1H3. The molecule has 0 unspecified atom stereocenters. The SMILES string of the molecule is CC=C(Cc1ccccc1)Oc1ccccc1. The van der Waals surface area contributed by atoms with Crippen LogP contribution in [0.15, 0.2) is 72.5 Å². The number of hydrogen-bond donors (Lipinski definition) is 0. The van der Waals surface area contributed by atoms with Crippen LogP contribution in [0.25, 0.3) is 0 Å². The summed E-state index contributed by atoms with van der Waals surface area (Å²) in [7, 11) is 0. The lowest BCUT2D eigenvalue weighted by atomic mass is 10.1. The molecule has 0 N–H and O–H groups in total. The first kappa shape index (κ1) is 11.5. The Balaban J connectivity index is 2.04. The van der Waals surface area contributed by atoms with Crippen molar-refractivity contribution in [3.05, 3.63) is 78.1 Å². The topological polar surface area (TPSA) is 9.23 Å². The van der Waals surface area contributed by atoms with Gasteiger partial charge in [0.25, 0.3) is 0 Å². The molecule has 0 aliphatic rings. The van der Waals surface area contributed by atoms with E-state index >= 15 is 0 Å². The van der Waals surface area contributed by atoms with Gasteiger partial charge in [-0.2, -0.15) is 0 Å². The summed E-state index contributed by atoms with van der Waals surface area (Å²) >= 11 is 0. The van der Waals surface area contributed by atoms with Gasteiger partial charge in [-0.3, -0.25) is 0 Å². The highest BCUT2D eigenvalue weighted by atomic mass is 16.5. The Morgan fingerprint density at radius 3 is 2.12 bits per heavy atom. The van der Waals surface area contributed by atoms with Gasteiger partial charge < -0.3 is 4.74 Å². The lowest BCUT2D eigenvalue weighted by molar-refractivity contribution is 0.412. The van der Waals surface area contributed by atoms with Gasteiger partial charge in [0.1, 0.15) is 11.5 Å². The third kappa shape index (κ3) is 3.49. The third-order valence-corrected chi connectivity index (χ3v) is 2.54. The van der Waals surface area contributed by atoms with E-state index in [0.717, 1.165) is 17.9 Å². The van der Waals surface area contributed by atoms with Gasteiger partial charge in [0.15, 0.2) is 0 Å². The minimum Gasteiger partial charge on any atom is -0.462 e. The molecule has 2 rings (SSSR count). The maximum absolute atomic E-state index is 5.83. The van der Waals surface area contributed by atoms with Crippen LogP contribution >= 0.6 is 0 Å². The molecule has 1 heteroatoms. The Hall–Kier alpha value is -2.02. The molecule has 17 heavy (non-hydrogen) atoms. The van der Waals surface area contributed by atoms with Gasteiger partial charge in [0.05, 0.1) is 0 Å². The first-order valence-electron chi connectivity index (χ1n) is 5.80. The monoisotopic (exact) mass is 224 g/mol. The van der Waals surface area contributed by atoms with Crippen LogP contribution < -0.4 is 4.74 Å². The summed E-state index contributed by atoms with van der Waals surface area (Å²) in [5.74, 6) is 1.86. The molecule has 0 atom stereocenters. The molecule has 0 fully saturated rings. The van der Waals surface area contributed by atoms with E-state index in [-0.39, 0.29) is 0 Å². The van der Waals surface area contributed by atoms with Gasteiger partial charge in [-0.1, -0.05) is 48.5 Å². The number of benzene rings is 2. The van der Waals surface area contributed by atoms with Crippen LogP contribution in [0.5, 0.6) is 5.75 Å². The van der Waals surface area contributed by atoms with Gasteiger partial charge in [-0.25, -0.2) is 0 Å². The van der Waals surface area contributed by atoms with Gasteiger partial charge in [-0.05, 0) is 30.7 Å². The van der Waals surface area contributed by atoms with Crippen LogP contribution in [0.3, 0.4) is 0 Å². The molecule has 0 heterocycles. The van der Waals surface area contributed by atoms with Crippen molar-refractivity contribution in [2.75, 3.05) is 0 Å². The Bertz CT molecular complexity index is 428. The normalized spacial score (nSPS) is 11.2. The molecule has 2 aromatic carbocycles.